The summed E-state index contributed by atoms with van der Waals surface area (Å²) in [5, 5.41) is 0.245. The molecule has 0 aliphatic heterocycles. The van der Waals surface area contributed by atoms with Crippen LogP contribution in [0.3, 0.4) is 0 Å². The van der Waals surface area contributed by atoms with Gasteiger partial charge in [0.05, 0.1) is 0 Å². The van der Waals surface area contributed by atoms with Crippen molar-refractivity contribution in [3.63, 3.8) is 0 Å². The zero-order valence-electron chi connectivity index (χ0n) is 3.39. The molecular formula is C3H7OS. The van der Waals surface area contributed by atoms with Crippen LogP contribution in [0.25, 0.3) is 0 Å². The van der Waals surface area contributed by atoms with Crippen molar-refractivity contribution in [1.82, 2.24) is 0 Å². The van der Waals surface area contributed by atoms with E-state index in [9.17, 15) is 4.55 Å². The van der Waals surface area contributed by atoms with Crippen LogP contribution < -0.4 is 0 Å². The Balaban J connectivity index is 2.54. The first-order chi connectivity index (χ1) is 2.27. The molecule has 0 aromatic heterocycles. The molecule has 31 valence electrons. The lowest BCUT2D eigenvalue weighted by molar-refractivity contribution is 0.526. The van der Waals surface area contributed by atoms with Gasteiger partial charge in [-0.1, -0.05) is 13.8 Å². The van der Waals surface area contributed by atoms with E-state index in [2.05, 4.69) is 0 Å². The van der Waals surface area contributed by atoms with E-state index < -0.39 is 0 Å². The van der Waals surface area contributed by atoms with Crippen LogP contribution in [0, 0.1) is 0 Å². The Morgan fingerprint density at radius 2 is 1.80 bits per heavy atom. The van der Waals surface area contributed by atoms with Gasteiger partial charge in [-0.05, 0) is 0 Å². The van der Waals surface area contributed by atoms with E-state index in [4.69, 9.17) is 0 Å². The van der Waals surface area contributed by atoms with Gasteiger partial charge in [-0.15, -0.1) is 0 Å². The van der Waals surface area contributed by atoms with Crippen molar-refractivity contribution in [3.05, 3.63) is 0 Å². The fourth-order valence-corrected chi connectivity index (χ4v) is 0. The number of rotatable bonds is 1. The van der Waals surface area contributed by atoms with Gasteiger partial charge in [0.1, 0.15) is 0 Å². The topological polar surface area (TPSA) is 19.9 Å². The first-order valence-electron chi connectivity index (χ1n) is 1.56. The van der Waals surface area contributed by atoms with E-state index in [1.165, 1.54) is 0 Å². The second-order valence-electron chi connectivity index (χ2n) is 1.14. The fraction of sp³-hybridized carbons (Fsp3) is 1.00. The molecule has 5 heavy (non-hydrogen) atoms. The minimum atomic E-state index is 0.245. The molecule has 0 saturated heterocycles. The smallest absolute Gasteiger partial charge is 0.0355 e. The number of hydrogen-bond donors (Lipinski definition) is 0. The minimum absolute atomic E-state index is 0.245. The van der Waals surface area contributed by atoms with Crippen LogP contribution in [0.2, 0.25) is 0 Å². The molecule has 0 N–H and O–H groups in total. The molecule has 0 atom stereocenters. The second kappa shape index (κ2) is 2.54. The maximum absolute atomic E-state index is 9.55. The van der Waals surface area contributed by atoms with Crippen LogP contribution in [-0.4, -0.2) is 5.25 Å². The Morgan fingerprint density at radius 1 is 1.60 bits per heavy atom. The van der Waals surface area contributed by atoms with E-state index in [1.54, 1.807) is 0 Å². The molecule has 1 nitrogen and oxygen atoms in total. The molecule has 0 saturated carbocycles. The summed E-state index contributed by atoms with van der Waals surface area (Å²) >= 11 is 0.630. The summed E-state index contributed by atoms with van der Waals surface area (Å²) in [6.45, 7) is 3.75. The van der Waals surface area contributed by atoms with Crippen molar-refractivity contribution in [3.8, 4) is 0 Å². The van der Waals surface area contributed by atoms with Crippen molar-refractivity contribution < 1.29 is 4.55 Å². The maximum Gasteiger partial charge on any atom is 0.0355 e. The Labute approximate surface area is 36.6 Å². The molecular weight excluding hydrogens is 84.1 g/mol. The van der Waals surface area contributed by atoms with Gasteiger partial charge in [-0.2, -0.15) is 4.55 Å². The van der Waals surface area contributed by atoms with E-state index in [1.807, 2.05) is 13.8 Å². The van der Waals surface area contributed by atoms with Crippen LogP contribution in [0.1, 0.15) is 13.8 Å². The Kier molecular flexibility index (Phi) is 2.70. The summed E-state index contributed by atoms with van der Waals surface area (Å²) in [4.78, 5) is 0. The Morgan fingerprint density at radius 3 is 1.80 bits per heavy atom. The van der Waals surface area contributed by atoms with Gasteiger partial charge in [0.15, 0.2) is 0 Å². The monoisotopic (exact) mass is 91.0 g/mol. The van der Waals surface area contributed by atoms with Crippen molar-refractivity contribution in [2.24, 2.45) is 0 Å². The summed E-state index contributed by atoms with van der Waals surface area (Å²) in [7, 11) is 0. The average molecular weight is 91.2 g/mol. The number of hydrogen-bond acceptors (Lipinski definition) is 1. The SMILES string of the molecule is CC(C)S[O]. The lowest BCUT2D eigenvalue weighted by atomic mass is 10.6. The van der Waals surface area contributed by atoms with E-state index in [-0.39, 0.29) is 5.25 Å². The van der Waals surface area contributed by atoms with Crippen LogP contribution in [0.4, 0.5) is 0 Å². The third-order valence-corrected chi connectivity index (χ3v) is 0.577. The molecule has 0 aliphatic carbocycles. The molecule has 1 radical (unpaired) electrons. The molecule has 0 spiro atoms. The first kappa shape index (κ1) is 5.31. The lowest BCUT2D eigenvalue weighted by Crippen LogP contribution is -1.79. The van der Waals surface area contributed by atoms with Crippen LogP contribution in [0.5, 0.6) is 0 Å². The highest BCUT2D eigenvalue weighted by Crippen LogP contribution is 2.00. The van der Waals surface area contributed by atoms with Crippen LogP contribution in [-0.2, 0) is 4.55 Å². The molecule has 0 aromatic rings. The molecule has 0 aromatic carbocycles. The van der Waals surface area contributed by atoms with Crippen molar-refractivity contribution >= 4 is 12.0 Å². The van der Waals surface area contributed by atoms with Gasteiger partial charge in [-0.25, -0.2) is 0 Å². The van der Waals surface area contributed by atoms with E-state index in [0.29, 0.717) is 12.0 Å². The molecule has 0 bridgehead atoms. The van der Waals surface area contributed by atoms with Gasteiger partial charge in [-0.3, -0.25) is 0 Å². The first-order valence-corrected chi connectivity index (χ1v) is 2.36. The normalized spacial score (nSPS) is 9.60. The third-order valence-electron chi connectivity index (χ3n) is 0.192. The van der Waals surface area contributed by atoms with Gasteiger partial charge in [0.2, 0.25) is 0 Å². The largest absolute Gasteiger partial charge is 0.151 e. The van der Waals surface area contributed by atoms with Gasteiger partial charge < -0.3 is 0 Å². The third kappa shape index (κ3) is 4.31. The molecule has 0 amide bonds. The van der Waals surface area contributed by atoms with Gasteiger partial charge >= 0.3 is 0 Å². The summed E-state index contributed by atoms with van der Waals surface area (Å²) in [5.41, 5.74) is 0. The van der Waals surface area contributed by atoms with Crippen LogP contribution in [0.15, 0.2) is 0 Å². The summed E-state index contributed by atoms with van der Waals surface area (Å²) in [5.74, 6) is 0. The predicted octanol–water partition coefficient (Wildman–Crippen LogP) is 1.47. The predicted molar refractivity (Wildman–Crippen MR) is 23.4 cm³/mol. The highest BCUT2D eigenvalue weighted by Gasteiger charge is 1.85. The quantitative estimate of drug-likeness (QED) is 0.447. The molecule has 0 unspecified atom stereocenters. The van der Waals surface area contributed by atoms with Crippen molar-refractivity contribution in [2.45, 2.75) is 19.1 Å². The Bertz CT molecular complexity index is 20.9. The zero-order chi connectivity index (χ0) is 4.28. The minimum Gasteiger partial charge on any atom is -0.151 e. The fourth-order valence-electron chi connectivity index (χ4n) is 0. The second-order valence-corrected chi connectivity index (χ2v) is 2.28. The summed E-state index contributed by atoms with van der Waals surface area (Å²) in [6.07, 6.45) is 0. The van der Waals surface area contributed by atoms with Crippen molar-refractivity contribution in [2.75, 3.05) is 0 Å². The summed E-state index contributed by atoms with van der Waals surface area (Å²) < 4.78 is 9.55. The lowest BCUT2D eigenvalue weighted by Gasteiger charge is -1.85. The standard InChI is InChI=1S/C3H7OS/c1-3(2)5-4/h3H,1-2H3. The van der Waals surface area contributed by atoms with Gasteiger partial charge in [0, 0.05) is 17.3 Å². The summed E-state index contributed by atoms with van der Waals surface area (Å²) in [6, 6.07) is 0. The maximum atomic E-state index is 9.55. The molecule has 0 rings (SSSR count). The van der Waals surface area contributed by atoms with E-state index in [0.717, 1.165) is 0 Å². The molecule has 0 heterocycles. The molecule has 2 heteroatoms. The molecule has 0 aliphatic rings. The zero-order valence-corrected chi connectivity index (χ0v) is 4.21. The highest BCUT2D eigenvalue weighted by atomic mass is 32.2. The Hall–Kier alpha value is 0.310. The average Bonchev–Trinajstić information content (AvgIpc) is 1.38. The molecule has 0 fully saturated rings. The van der Waals surface area contributed by atoms with E-state index >= 15 is 0 Å². The van der Waals surface area contributed by atoms with Crippen molar-refractivity contribution in [1.29, 1.82) is 0 Å². The van der Waals surface area contributed by atoms with Crippen LogP contribution >= 0.6 is 12.0 Å². The highest BCUT2D eigenvalue weighted by molar-refractivity contribution is 7.94. The van der Waals surface area contributed by atoms with Gasteiger partial charge in [0.25, 0.3) is 0 Å².